The summed E-state index contributed by atoms with van der Waals surface area (Å²) in [6.07, 6.45) is -3.30. The minimum absolute atomic E-state index is 0.242. The van der Waals surface area contributed by atoms with E-state index >= 15 is 0 Å². The zero-order valence-electron chi connectivity index (χ0n) is 12.0. The average molecular weight is 313 g/mol. The zero-order valence-corrected chi connectivity index (χ0v) is 12.0. The van der Waals surface area contributed by atoms with Crippen LogP contribution in [0.15, 0.2) is 24.3 Å². The van der Waals surface area contributed by atoms with Crippen molar-refractivity contribution in [1.29, 1.82) is 0 Å². The van der Waals surface area contributed by atoms with Crippen molar-refractivity contribution in [2.24, 2.45) is 11.8 Å². The number of urea groups is 1. The number of rotatable bonds is 1. The third-order valence-electron chi connectivity index (χ3n) is 4.43. The van der Waals surface area contributed by atoms with Crippen molar-refractivity contribution in [1.82, 2.24) is 10.2 Å². The Morgan fingerprint density at radius 3 is 2.50 bits per heavy atom. The van der Waals surface area contributed by atoms with Crippen molar-refractivity contribution in [2.45, 2.75) is 12.6 Å². The molecule has 2 aliphatic heterocycles. The van der Waals surface area contributed by atoms with Crippen LogP contribution in [0, 0.1) is 11.8 Å². The van der Waals surface area contributed by atoms with Gasteiger partial charge in [0.05, 0.1) is 5.56 Å². The molecule has 2 saturated heterocycles. The molecule has 22 heavy (non-hydrogen) atoms. The molecule has 120 valence electrons. The molecule has 2 fully saturated rings. The third-order valence-corrected chi connectivity index (χ3v) is 4.43. The van der Waals surface area contributed by atoms with Crippen LogP contribution in [0.4, 0.5) is 23.7 Å². The second kappa shape index (κ2) is 5.79. The molecule has 1 aromatic carbocycles. The van der Waals surface area contributed by atoms with E-state index < -0.39 is 11.7 Å². The van der Waals surface area contributed by atoms with Gasteiger partial charge in [0.2, 0.25) is 0 Å². The van der Waals surface area contributed by atoms with Gasteiger partial charge in [-0.15, -0.1) is 0 Å². The van der Waals surface area contributed by atoms with E-state index in [-0.39, 0.29) is 6.03 Å². The fraction of sp³-hybridized carbons (Fsp3) is 0.533. The number of carbonyl (C=O) groups excluding carboxylic acids is 1. The summed E-state index contributed by atoms with van der Waals surface area (Å²) in [7, 11) is 0. The third kappa shape index (κ3) is 3.19. The number of carbonyl (C=O) groups is 1. The van der Waals surface area contributed by atoms with Crippen LogP contribution in [-0.2, 0) is 6.18 Å². The highest BCUT2D eigenvalue weighted by Crippen LogP contribution is 2.31. The van der Waals surface area contributed by atoms with E-state index in [0.29, 0.717) is 24.1 Å². The van der Waals surface area contributed by atoms with E-state index in [0.717, 1.165) is 38.2 Å². The van der Waals surface area contributed by atoms with Crippen LogP contribution in [0.5, 0.6) is 0 Å². The molecule has 2 aliphatic rings. The summed E-state index contributed by atoms with van der Waals surface area (Å²) in [5.41, 5.74) is -0.338. The van der Waals surface area contributed by atoms with Crippen LogP contribution in [0.3, 0.4) is 0 Å². The van der Waals surface area contributed by atoms with Crippen molar-refractivity contribution in [3.63, 3.8) is 0 Å². The first kappa shape index (κ1) is 15.1. The molecule has 0 spiro atoms. The van der Waals surface area contributed by atoms with Gasteiger partial charge in [0, 0.05) is 18.8 Å². The summed E-state index contributed by atoms with van der Waals surface area (Å²) < 4.78 is 37.5. The molecule has 2 amide bonds. The number of alkyl halides is 3. The largest absolute Gasteiger partial charge is 0.416 e. The number of halogens is 3. The Kier molecular flexibility index (Phi) is 3.99. The van der Waals surface area contributed by atoms with Crippen LogP contribution in [0.1, 0.15) is 12.0 Å². The van der Waals surface area contributed by atoms with Gasteiger partial charge < -0.3 is 15.5 Å². The number of fused-ring (bicyclic) bond motifs is 1. The van der Waals surface area contributed by atoms with Gasteiger partial charge in [0.25, 0.3) is 0 Å². The molecular formula is C15H18F3N3O. The topological polar surface area (TPSA) is 44.4 Å². The molecular weight excluding hydrogens is 295 g/mol. The predicted octanol–water partition coefficient (Wildman–Crippen LogP) is 2.78. The molecule has 4 nitrogen and oxygen atoms in total. The van der Waals surface area contributed by atoms with Gasteiger partial charge >= 0.3 is 12.2 Å². The highest BCUT2D eigenvalue weighted by atomic mass is 19.4. The SMILES string of the molecule is O=C(Nc1ccc(C(F)(F)F)cc1)N1CC2CCNCC2C1. The van der Waals surface area contributed by atoms with E-state index in [1.807, 2.05) is 0 Å². The maximum Gasteiger partial charge on any atom is 0.416 e. The number of amides is 2. The molecule has 2 unspecified atom stereocenters. The minimum atomic E-state index is -4.36. The van der Waals surface area contributed by atoms with Gasteiger partial charge in [0.1, 0.15) is 0 Å². The molecule has 2 N–H and O–H groups in total. The lowest BCUT2D eigenvalue weighted by Gasteiger charge is -2.23. The lowest BCUT2D eigenvalue weighted by Crippen LogP contribution is -2.35. The van der Waals surface area contributed by atoms with Crippen molar-refractivity contribution in [3.05, 3.63) is 29.8 Å². The molecule has 0 aliphatic carbocycles. The molecule has 7 heteroatoms. The molecule has 3 rings (SSSR count). The zero-order chi connectivity index (χ0) is 15.7. The second-order valence-corrected chi connectivity index (χ2v) is 5.92. The standard InChI is InChI=1S/C15H18F3N3O/c16-15(17,18)12-1-3-13(4-2-12)20-14(22)21-8-10-5-6-19-7-11(10)9-21/h1-4,10-11,19H,5-9H2,(H,20,22). The van der Waals surface area contributed by atoms with E-state index in [2.05, 4.69) is 10.6 Å². The molecule has 0 aromatic heterocycles. The Balaban J connectivity index is 1.60. The minimum Gasteiger partial charge on any atom is -0.324 e. The first-order valence-corrected chi connectivity index (χ1v) is 7.37. The Morgan fingerprint density at radius 2 is 1.86 bits per heavy atom. The molecule has 0 radical (unpaired) electrons. The van der Waals surface area contributed by atoms with Crippen LogP contribution in [-0.4, -0.2) is 37.1 Å². The lowest BCUT2D eigenvalue weighted by atomic mass is 9.90. The van der Waals surface area contributed by atoms with E-state index in [1.165, 1.54) is 12.1 Å². The van der Waals surface area contributed by atoms with Crippen LogP contribution in [0.25, 0.3) is 0 Å². The maximum atomic E-state index is 12.5. The Morgan fingerprint density at radius 1 is 1.18 bits per heavy atom. The van der Waals surface area contributed by atoms with E-state index in [9.17, 15) is 18.0 Å². The molecule has 2 atom stereocenters. The van der Waals surface area contributed by atoms with Crippen molar-refractivity contribution in [2.75, 3.05) is 31.5 Å². The van der Waals surface area contributed by atoms with Gasteiger partial charge in [-0.1, -0.05) is 0 Å². The maximum absolute atomic E-state index is 12.5. The molecule has 0 bridgehead atoms. The number of hydrogen-bond acceptors (Lipinski definition) is 2. The lowest BCUT2D eigenvalue weighted by molar-refractivity contribution is -0.137. The van der Waals surface area contributed by atoms with Crippen molar-refractivity contribution in [3.8, 4) is 0 Å². The number of benzene rings is 1. The molecule has 1 aromatic rings. The van der Waals surface area contributed by atoms with Crippen molar-refractivity contribution >= 4 is 11.7 Å². The fourth-order valence-electron chi connectivity index (χ4n) is 3.18. The van der Waals surface area contributed by atoms with Crippen LogP contribution >= 0.6 is 0 Å². The predicted molar refractivity (Wildman–Crippen MR) is 76.5 cm³/mol. The summed E-state index contributed by atoms with van der Waals surface area (Å²) in [4.78, 5) is 14.0. The summed E-state index contributed by atoms with van der Waals surface area (Å²) in [5.74, 6) is 1.01. The quantitative estimate of drug-likeness (QED) is 0.837. The van der Waals surface area contributed by atoms with Gasteiger partial charge in [-0.3, -0.25) is 0 Å². The average Bonchev–Trinajstić information content (AvgIpc) is 2.91. The van der Waals surface area contributed by atoms with Crippen LogP contribution < -0.4 is 10.6 Å². The Hall–Kier alpha value is -1.76. The summed E-state index contributed by atoms with van der Waals surface area (Å²) >= 11 is 0. The van der Waals surface area contributed by atoms with Gasteiger partial charge in [-0.25, -0.2) is 4.79 Å². The second-order valence-electron chi connectivity index (χ2n) is 5.92. The highest BCUT2D eigenvalue weighted by molar-refractivity contribution is 5.89. The van der Waals surface area contributed by atoms with Crippen LogP contribution in [0.2, 0.25) is 0 Å². The summed E-state index contributed by atoms with van der Waals surface area (Å²) in [5, 5.41) is 5.99. The Bertz CT molecular complexity index is 530. The molecule has 0 saturated carbocycles. The summed E-state index contributed by atoms with van der Waals surface area (Å²) in [6.45, 7) is 3.33. The first-order chi connectivity index (χ1) is 10.4. The smallest absolute Gasteiger partial charge is 0.324 e. The van der Waals surface area contributed by atoms with Gasteiger partial charge in [0.15, 0.2) is 0 Å². The number of nitrogens with one attached hydrogen (secondary N) is 2. The fourth-order valence-corrected chi connectivity index (χ4v) is 3.18. The number of likely N-dealkylation sites (tertiary alicyclic amines) is 1. The number of nitrogens with zero attached hydrogens (tertiary/aromatic N) is 1. The number of anilines is 1. The first-order valence-electron chi connectivity index (χ1n) is 7.37. The monoisotopic (exact) mass is 313 g/mol. The van der Waals surface area contributed by atoms with Gasteiger partial charge in [-0.05, 0) is 55.6 Å². The molecule has 2 heterocycles. The van der Waals surface area contributed by atoms with Gasteiger partial charge in [-0.2, -0.15) is 13.2 Å². The van der Waals surface area contributed by atoms with Crippen molar-refractivity contribution < 1.29 is 18.0 Å². The highest BCUT2D eigenvalue weighted by Gasteiger charge is 2.36. The summed E-state index contributed by atoms with van der Waals surface area (Å²) in [6, 6.07) is 4.28. The normalized spacial score (nSPS) is 25.0. The number of piperidine rings is 1. The number of hydrogen-bond donors (Lipinski definition) is 2. The van der Waals surface area contributed by atoms with E-state index in [4.69, 9.17) is 0 Å². The Labute approximate surface area is 126 Å². The van der Waals surface area contributed by atoms with E-state index in [1.54, 1.807) is 4.90 Å².